The van der Waals surface area contributed by atoms with Gasteiger partial charge in [0.15, 0.2) is 5.58 Å². The molecule has 0 saturated heterocycles. The zero-order chi connectivity index (χ0) is 19.0. The zero-order valence-electron chi connectivity index (χ0n) is 14.0. The number of rotatable bonds is 4. The summed E-state index contributed by atoms with van der Waals surface area (Å²) < 4.78 is 18.5. The highest BCUT2D eigenvalue weighted by Gasteiger charge is 2.08. The minimum Gasteiger partial charge on any atom is -0.408 e. The third-order valence-corrected chi connectivity index (χ3v) is 3.99. The van der Waals surface area contributed by atoms with E-state index in [4.69, 9.17) is 16.0 Å². The molecule has 0 radical (unpaired) electrons. The molecule has 0 unspecified atom stereocenters. The number of oxazole rings is 1. The quantitative estimate of drug-likeness (QED) is 0.478. The van der Waals surface area contributed by atoms with Crippen LogP contribution in [0.5, 0.6) is 0 Å². The van der Waals surface area contributed by atoms with Crippen molar-refractivity contribution in [1.29, 1.82) is 0 Å². The summed E-state index contributed by atoms with van der Waals surface area (Å²) in [6.45, 7) is 1.85. The second-order valence-corrected chi connectivity index (χ2v) is 6.30. The maximum Gasteiger partial charge on any atom is 0.417 e. The topological polar surface area (TPSA) is 95.8 Å². The summed E-state index contributed by atoms with van der Waals surface area (Å²) in [5, 5.41) is 6.36. The van der Waals surface area contributed by atoms with E-state index in [1.807, 2.05) is 6.92 Å². The van der Waals surface area contributed by atoms with Crippen molar-refractivity contribution in [1.82, 2.24) is 15.0 Å². The largest absolute Gasteiger partial charge is 0.417 e. The highest BCUT2D eigenvalue weighted by molar-refractivity contribution is 6.30. The van der Waals surface area contributed by atoms with E-state index in [0.29, 0.717) is 28.3 Å². The molecule has 0 saturated carbocycles. The lowest BCUT2D eigenvalue weighted by Gasteiger charge is -2.11. The number of nitrogens with one attached hydrogen (secondary N) is 3. The predicted molar refractivity (Wildman–Crippen MR) is 102 cm³/mol. The van der Waals surface area contributed by atoms with Crippen molar-refractivity contribution in [3.63, 3.8) is 0 Å². The van der Waals surface area contributed by atoms with Crippen LogP contribution < -0.4 is 16.4 Å². The van der Waals surface area contributed by atoms with E-state index in [2.05, 4.69) is 25.6 Å². The van der Waals surface area contributed by atoms with Crippen molar-refractivity contribution in [3.8, 4) is 0 Å². The Bertz CT molecular complexity index is 1180. The fourth-order valence-corrected chi connectivity index (χ4v) is 2.77. The molecular formula is C18H13ClFN5O2. The molecule has 0 aliphatic heterocycles. The molecule has 0 atom stereocenters. The Kier molecular flexibility index (Phi) is 4.25. The SMILES string of the molecule is Cc1cnc(Nc2cc(F)cc(Cl)c2)nc1Nc1ccc2oc(=O)[nH]c2c1. The van der Waals surface area contributed by atoms with Gasteiger partial charge >= 0.3 is 5.76 Å². The summed E-state index contributed by atoms with van der Waals surface area (Å²) in [5.41, 5.74) is 2.99. The molecule has 136 valence electrons. The van der Waals surface area contributed by atoms with E-state index >= 15 is 0 Å². The van der Waals surface area contributed by atoms with Gasteiger partial charge in [-0.1, -0.05) is 11.6 Å². The van der Waals surface area contributed by atoms with Crippen LogP contribution in [0.2, 0.25) is 5.02 Å². The van der Waals surface area contributed by atoms with Gasteiger partial charge in [0.25, 0.3) is 0 Å². The lowest BCUT2D eigenvalue weighted by atomic mass is 10.2. The normalized spacial score (nSPS) is 10.9. The maximum absolute atomic E-state index is 13.5. The van der Waals surface area contributed by atoms with Crippen LogP contribution in [-0.2, 0) is 0 Å². The van der Waals surface area contributed by atoms with E-state index in [0.717, 1.165) is 5.56 Å². The number of benzene rings is 2. The van der Waals surface area contributed by atoms with Gasteiger partial charge < -0.3 is 15.1 Å². The molecule has 0 amide bonds. The van der Waals surface area contributed by atoms with Gasteiger partial charge in [0.2, 0.25) is 5.95 Å². The molecule has 7 nitrogen and oxygen atoms in total. The molecule has 0 aliphatic carbocycles. The number of hydrogen-bond donors (Lipinski definition) is 3. The standard InChI is InChI=1S/C18H13ClFN5O2/c1-9-8-21-17(23-13-5-10(19)4-11(20)6-13)25-16(9)22-12-2-3-15-14(7-12)24-18(26)27-15/h2-8H,1H3,(H,24,26)(H2,21,22,23,25). The van der Waals surface area contributed by atoms with Crippen molar-refractivity contribution >= 4 is 45.8 Å². The smallest absolute Gasteiger partial charge is 0.408 e. The molecule has 4 rings (SSSR count). The molecule has 0 bridgehead atoms. The van der Waals surface area contributed by atoms with Gasteiger partial charge in [0, 0.05) is 28.2 Å². The first-order valence-corrected chi connectivity index (χ1v) is 8.31. The Morgan fingerprint density at radius 1 is 1.15 bits per heavy atom. The third-order valence-electron chi connectivity index (χ3n) is 3.77. The van der Waals surface area contributed by atoms with Gasteiger partial charge in [-0.2, -0.15) is 4.98 Å². The second kappa shape index (κ2) is 6.73. The molecule has 2 aromatic heterocycles. The number of hydrogen-bond acceptors (Lipinski definition) is 6. The van der Waals surface area contributed by atoms with E-state index in [1.165, 1.54) is 12.1 Å². The summed E-state index contributed by atoms with van der Waals surface area (Å²) in [6.07, 6.45) is 1.64. The Labute approximate surface area is 157 Å². The van der Waals surface area contributed by atoms with Crippen LogP contribution in [0.15, 0.2) is 51.8 Å². The van der Waals surface area contributed by atoms with Gasteiger partial charge in [-0.15, -0.1) is 0 Å². The fraction of sp³-hybridized carbons (Fsp3) is 0.0556. The van der Waals surface area contributed by atoms with Crippen molar-refractivity contribution in [2.75, 3.05) is 10.6 Å². The predicted octanol–water partition coefficient (Wildman–Crippen LogP) is 4.50. The number of halogens is 2. The lowest BCUT2D eigenvalue weighted by molar-refractivity contribution is 0.555. The van der Waals surface area contributed by atoms with Crippen LogP contribution in [0.3, 0.4) is 0 Å². The number of H-pyrrole nitrogens is 1. The summed E-state index contributed by atoms with van der Waals surface area (Å²) in [5.74, 6) is -0.138. The van der Waals surface area contributed by atoms with E-state index < -0.39 is 11.6 Å². The summed E-state index contributed by atoms with van der Waals surface area (Å²) in [4.78, 5) is 22.5. The Morgan fingerprint density at radius 2 is 2.00 bits per heavy atom. The van der Waals surface area contributed by atoms with Crippen LogP contribution >= 0.6 is 11.6 Å². The molecule has 0 fully saturated rings. The summed E-state index contributed by atoms with van der Waals surface area (Å²) in [6, 6.07) is 9.27. The molecule has 9 heteroatoms. The molecule has 3 N–H and O–H groups in total. The average molecular weight is 386 g/mol. The molecule has 27 heavy (non-hydrogen) atoms. The minimum absolute atomic E-state index is 0.269. The molecule has 2 heterocycles. The Morgan fingerprint density at radius 3 is 2.81 bits per heavy atom. The van der Waals surface area contributed by atoms with Crippen molar-refractivity contribution in [3.05, 3.63) is 69.5 Å². The number of anilines is 4. The number of fused-ring (bicyclic) bond motifs is 1. The summed E-state index contributed by atoms with van der Waals surface area (Å²) in [7, 11) is 0. The van der Waals surface area contributed by atoms with Gasteiger partial charge in [-0.05, 0) is 43.3 Å². The molecular weight excluding hydrogens is 373 g/mol. The first-order valence-electron chi connectivity index (χ1n) is 7.93. The molecule has 0 aliphatic rings. The molecule has 4 aromatic rings. The first kappa shape index (κ1) is 17.0. The molecule has 2 aromatic carbocycles. The van der Waals surface area contributed by atoms with Crippen molar-refractivity contribution in [2.24, 2.45) is 0 Å². The van der Waals surface area contributed by atoms with Crippen molar-refractivity contribution in [2.45, 2.75) is 6.92 Å². The van der Waals surface area contributed by atoms with Gasteiger partial charge in [0.1, 0.15) is 11.6 Å². The number of aromatic nitrogens is 3. The van der Waals surface area contributed by atoms with E-state index in [9.17, 15) is 9.18 Å². The van der Waals surface area contributed by atoms with Gasteiger partial charge in [-0.3, -0.25) is 4.98 Å². The van der Waals surface area contributed by atoms with E-state index in [1.54, 1.807) is 30.5 Å². The molecule has 0 spiro atoms. The lowest BCUT2D eigenvalue weighted by Crippen LogP contribution is -2.03. The highest BCUT2D eigenvalue weighted by Crippen LogP contribution is 2.24. The number of aromatic amines is 1. The van der Waals surface area contributed by atoms with Crippen LogP contribution in [0.1, 0.15) is 5.56 Å². The maximum atomic E-state index is 13.5. The fourth-order valence-electron chi connectivity index (χ4n) is 2.55. The average Bonchev–Trinajstić information content (AvgIpc) is 2.96. The Hall–Kier alpha value is -3.39. The Balaban J connectivity index is 1.62. The number of aryl methyl sites for hydroxylation is 1. The second-order valence-electron chi connectivity index (χ2n) is 5.86. The summed E-state index contributed by atoms with van der Waals surface area (Å²) >= 11 is 5.86. The van der Waals surface area contributed by atoms with Gasteiger partial charge in [0.05, 0.1) is 5.52 Å². The van der Waals surface area contributed by atoms with Crippen molar-refractivity contribution < 1.29 is 8.81 Å². The van der Waals surface area contributed by atoms with Gasteiger partial charge in [-0.25, -0.2) is 14.2 Å². The van der Waals surface area contributed by atoms with Crippen LogP contribution in [0.4, 0.5) is 27.5 Å². The van der Waals surface area contributed by atoms with E-state index in [-0.39, 0.29) is 11.0 Å². The number of nitrogens with zero attached hydrogens (tertiary/aromatic N) is 2. The minimum atomic E-state index is -0.513. The zero-order valence-corrected chi connectivity index (χ0v) is 14.8. The van der Waals surface area contributed by atoms with Crippen LogP contribution in [0, 0.1) is 12.7 Å². The first-order chi connectivity index (χ1) is 13.0. The third kappa shape index (κ3) is 3.75. The van der Waals surface area contributed by atoms with Crippen LogP contribution in [-0.4, -0.2) is 15.0 Å². The highest BCUT2D eigenvalue weighted by atomic mass is 35.5. The van der Waals surface area contributed by atoms with Crippen LogP contribution in [0.25, 0.3) is 11.1 Å². The monoisotopic (exact) mass is 385 g/mol.